The second kappa shape index (κ2) is 4.08. The molecule has 2 aromatic heterocycles. The minimum atomic E-state index is -2.84. The number of para-hydroxylation sites is 2. The quantitative estimate of drug-likeness (QED) is 0.780. The molecule has 0 unspecified atom stereocenters. The number of anilines is 1. The summed E-state index contributed by atoms with van der Waals surface area (Å²) in [5.41, 5.74) is 1.67. The molecule has 0 spiro atoms. The Bertz CT molecular complexity index is 733. The minimum absolute atomic E-state index is 0.241. The lowest BCUT2D eigenvalue weighted by atomic mass is 10.3. The van der Waals surface area contributed by atoms with Crippen LogP contribution >= 0.6 is 0 Å². The molecular formula is C11H10F2N6. The molecule has 8 heteroatoms. The van der Waals surface area contributed by atoms with Crippen molar-refractivity contribution >= 4 is 22.5 Å². The van der Waals surface area contributed by atoms with Crippen molar-refractivity contribution in [3.8, 4) is 0 Å². The number of hydrogen-bond acceptors (Lipinski definition) is 5. The van der Waals surface area contributed by atoms with E-state index >= 15 is 0 Å². The topological polar surface area (TPSA) is 68.0 Å². The van der Waals surface area contributed by atoms with Gasteiger partial charge < -0.3 is 5.32 Å². The summed E-state index contributed by atoms with van der Waals surface area (Å²) in [6, 6.07) is 7.22. The Morgan fingerprint density at radius 2 is 2.11 bits per heavy atom. The Morgan fingerprint density at radius 1 is 1.32 bits per heavy atom. The van der Waals surface area contributed by atoms with Gasteiger partial charge in [-0.05, 0) is 22.6 Å². The smallest absolute Gasteiger partial charge is 0.262 e. The molecule has 19 heavy (non-hydrogen) atoms. The van der Waals surface area contributed by atoms with Crippen LogP contribution in [0.25, 0.3) is 16.7 Å². The maximum absolute atomic E-state index is 12.9. The van der Waals surface area contributed by atoms with E-state index in [0.29, 0.717) is 11.2 Å². The summed E-state index contributed by atoms with van der Waals surface area (Å²) < 4.78 is 27.3. The third kappa shape index (κ3) is 2.16. The second-order valence-electron chi connectivity index (χ2n) is 4.29. The van der Waals surface area contributed by atoms with Gasteiger partial charge in [0.2, 0.25) is 5.65 Å². The Balaban J connectivity index is 2.14. The number of nitrogens with zero attached hydrogens (tertiary/aromatic N) is 5. The van der Waals surface area contributed by atoms with Gasteiger partial charge in [-0.1, -0.05) is 12.1 Å². The van der Waals surface area contributed by atoms with Crippen LogP contribution in [0.15, 0.2) is 24.3 Å². The van der Waals surface area contributed by atoms with Crippen LogP contribution in [0.4, 0.5) is 14.6 Å². The molecule has 3 aromatic rings. The van der Waals surface area contributed by atoms with Crippen LogP contribution in [0, 0.1) is 0 Å². The number of aromatic nitrogens is 5. The summed E-state index contributed by atoms with van der Waals surface area (Å²) >= 11 is 0. The Labute approximate surface area is 106 Å². The largest absolute Gasteiger partial charge is 0.361 e. The molecule has 1 N–H and O–H groups in total. The molecule has 0 bridgehead atoms. The number of fused-ring (bicyclic) bond motifs is 3. The molecule has 6 nitrogen and oxygen atoms in total. The van der Waals surface area contributed by atoms with E-state index in [1.165, 1.54) is 4.52 Å². The first kappa shape index (κ1) is 11.7. The van der Waals surface area contributed by atoms with E-state index in [-0.39, 0.29) is 5.82 Å². The molecule has 1 aromatic carbocycles. The van der Waals surface area contributed by atoms with Gasteiger partial charge >= 0.3 is 0 Å². The molecular weight excluding hydrogens is 254 g/mol. The van der Waals surface area contributed by atoms with Gasteiger partial charge in [0.1, 0.15) is 0 Å². The SMILES string of the molecule is CC(F)(F)CNc1nc2ccccc2n2nnnc12. The van der Waals surface area contributed by atoms with E-state index in [1.807, 2.05) is 18.2 Å². The number of hydrogen-bond donors (Lipinski definition) is 1. The van der Waals surface area contributed by atoms with Gasteiger partial charge in [-0.3, -0.25) is 0 Å². The Hall–Kier alpha value is -2.38. The molecule has 0 amide bonds. The molecule has 0 fully saturated rings. The van der Waals surface area contributed by atoms with Gasteiger partial charge in [-0.15, -0.1) is 5.10 Å². The van der Waals surface area contributed by atoms with E-state index in [1.54, 1.807) is 6.07 Å². The zero-order valence-electron chi connectivity index (χ0n) is 10.0. The van der Waals surface area contributed by atoms with Gasteiger partial charge in [0.25, 0.3) is 5.92 Å². The molecule has 0 aliphatic rings. The molecule has 0 aliphatic heterocycles. The number of rotatable bonds is 3. The van der Waals surface area contributed by atoms with E-state index in [0.717, 1.165) is 12.4 Å². The van der Waals surface area contributed by atoms with Crippen molar-refractivity contribution in [2.45, 2.75) is 12.8 Å². The second-order valence-corrected chi connectivity index (χ2v) is 4.29. The number of alkyl halides is 2. The molecule has 2 heterocycles. The first-order valence-corrected chi connectivity index (χ1v) is 5.63. The monoisotopic (exact) mass is 264 g/mol. The fourth-order valence-corrected chi connectivity index (χ4v) is 1.76. The van der Waals surface area contributed by atoms with Gasteiger partial charge in [-0.2, -0.15) is 4.52 Å². The molecule has 0 radical (unpaired) electrons. The lowest BCUT2D eigenvalue weighted by Gasteiger charge is -2.12. The highest BCUT2D eigenvalue weighted by Crippen LogP contribution is 2.20. The summed E-state index contributed by atoms with van der Waals surface area (Å²) in [5, 5.41) is 13.8. The summed E-state index contributed by atoms with van der Waals surface area (Å²) in [6.07, 6.45) is 0. The fraction of sp³-hybridized carbons (Fsp3) is 0.273. The number of benzene rings is 1. The van der Waals surface area contributed by atoms with E-state index in [9.17, 15) is 8.78 Å². The highest BCUT2D eigenvalue weighted by molar-refractivity contribution is 5.81. The normalized spacial score (nSPS) is 12.2. The molecule has 0 aliphatic carbocycles. The van der Waals surface area contributed by atoms with Crippen molar-refractivity contribution in [1.82, 2.24) is 25.0 Å². The number of halogens is 2. The van der Waals surface area contributed by atoms with Crippen LogP contribution < -0.4 is 5.32 Å². The molecule has 0 saturated heterocycles. The lowest BCUT2D eigenvalue weighted by molar-refractivity contribution is 0.0367. The van der Waals surface area contributed by atoms with Crippen molar-refractivity contribution in [1.29, 1.82) is 0 Å². The standard InChI is InChI=1S/C11H10F2N6/c1-11(12,13)6-14-9-10-16-17-18-19(10)8-5-3-2-4-7(8)15-9/h2-5H,6H2,1H3,(H,14,15). The number of tetrazole rings is 1. The Morgan fingerprint density at radius 3 is 2.89 bits per heavy atom. The van der Waals surface area contributed by atoms with Crippen molar-refractivity contribution in [2.24, 2.45) is 0 Å². The molecule has 98 valence electrons. The van der Waals surface area contributed by atoms with Gasteiger partial charge in [0.15, 0.2) is 5.82 Å². The summed E-state index contributed by atoms with van der Waals surface area (Å²) in [5.74, 6) is -2.59. The fourth-order valence-electron chi connectivity index (χ4n) is 1.76. The lowest BCUT2D eigenvalue weighted by Crippen LogP contribution is -2.23. The predicted octanol–water partition coefficient (Wildman–Crippen LogP) is 1.74. The zero-order valence-corrected chi connectivity index (χ0v) is 10.0. The van der Waals surface area contributed by atoms with Crippen molar-refractivity contribution in [3.05, 3.63) is 24.3 Å². The van der Waals surface area contributed by atoms with Crippen molar-refractivity contribution in [3.63, 3.8) is 0 Å². The maximum atomic E-state index is 12.9. The maximum Gasteiger partial charge on any atom is 0.262 e. The van der Waals surface area contributed by atoms with Crippen LogP contribution in [0.5, 0.6) is 0 Å². The molecule has 3 rings (SSSR count). The van der Waals surface area contributed by atoms with Crippen LogP contribution in [-0.2, 0) is 0 Å². The highest BCUT2D eigenvalue weighted by atomic mass is 19.3. The van der Waals surface area contributed by atoms with E-state index in [4.69, 9.17) is 0 Å². The van der Waals surface area contributed by atoms with Gasteiger partial charge in [0, 0.05) is 6.92 Å². The van der Waals surface area contributed by atoms with Crippen LogP contribution in [0.1, 0.15) is 6.92 Å². The molecule has 0 atom stereocenters. The zero-order chi connectivity index (χ0) is 13.5. The molecule has 0 saturated carbocycles. The van der Waals surface area contributed by atoms with Crippen LogP contribution in [0.3, 0.4) is 0 Å². The average molecular weight is 264 g/mol. The van der Waals surface area contributed by atoms with Crippen LogP contribution in [0.2, 0.25) is 0 Å². The summed E-state index contributed by atoms with van der Waals surface area (Å²) in [6.45, 7) is 0.307. The number of nitrogens with one attached hydrogen (secondary N) is 1. The van der Waals surface area contributed by atoms with Gasteiger partial charge in [0.05, 0.1) is 17.6 Å². The average Bonchev–Trinajstić information content (AvgIpc) is 2.84. The third-order valence-electron chi connectivity index (χ3n) is 2.59. The van der Waals surface area contributed by atoms with E-state index < -0.39 is 12.5 Å². The summed E-state index contributed by atoms with van der Waals surface area (Å²) in [7, 11) is 0. The van der Waals surface area contributed by atoms with Crippen molar-refractivity contribution in [2.75, 3.05) is 11.9 Å². The highest BCUT2D eigenvalue weighted by Gasteiger charge is 2.22. The first-order chi connectivity index (χ1) is 9.04. The van der Waals surface area contributed by atoms with Gasteiger partial charge in [-0.25, -0.2) is 13.8 Å². The summed E-state index contributed by atoms with van der Waals surface area (Å²) in [4.78, 5) is 4.27. The minimum Gasteiger partial charge on any atom is -0.361 e. The van der Waals surface area contributed by atoms with E-state index in [2.05, 4.69) is 25.8 Å². The van der Waals surface area contributed by atoms with Crippen LogP contribution in [-0.4, -0.2) is 37.5 Å². The third-order valence-corrected chi connectivity index (χ3v) is 2.59. The first-order valence-electron chi connectivity index (χ1n) is 5.63. The van der Waals surface area contributed by atoms with Crippen molar-refractivity contribution < 1.29 is 8.78 Å². The Kier molecular flexibility index (Phi) is 2.51. The predicted molar refractivity (Wildman–Crippen MR) is 65.2 cm³/mol.